The number of phenolic OH excluding ortho intramolecular Hbond substituents is 2. The number of benzene rings is 1. The highest BCUT2D eigenvalue weighted by Gasteiger charge is 2.08. The summed E-state index contributed by atoms with van der Waals surface area (Å²) in [5, 5.41) is 22.0. The Morgan fingerprint density at radius 2 is 2.24 bits per heavy atom. The Kier molecular flexibility index (Phi) is 3.30. The second kappa shape index (κ2) is 4.88. The van der Waals surface area contributed by atoms with Gasteiger partial charge < -0.3 is 20.5 Å². The molecule has 2 aromatic rings. The van der Waals surface area contributed by atoms with Gasteiger partial charge in [0.2, 0.25) is 0 Å². The highest BCUT2D eigenvalue weighted by atomic mass is 16.3. The fraction of sp³-hybridized carbons (Fsp3) is 0.250. The van der Waals surface area contributed by atoms with Gasteiger partial charge in [0.15, 0.2) is 0 Å². The van der Waals surface area contributed by atoms with Crippen molar-refractivity contribution >= 4 is 0 Å². The molecule has 1 unspecified atom stereocenters. The van der Waals surface area contributed by atoms with Crippen molar-refractivity contribution < 1.29 is 10.2 Å². The van der Waals surface area contributed by atoms with E-state index in [4.69, 9.17) is 5.11 Å². The molecule has 1 aromatic heterocycles. The molecule has 17 heavy (non-hydrogen) atoms. The molecule has 1 aromatic carbocycles. The van der Waals surface area contributed by atoms with Crippen LogP contribution in [0, 0.1) is 0 Å². The van der Waals surface area contributed by atoms with E-state index >= 15 is 0 Å². The van der Waals surface area contributed by atoms with E-state index < -0.39 is 0 Å². The van der Waals surface area contributed by atoms with E-state index in [1.165, 1.54) is 6.07 Å². The van der Waals surface area contributed by atoms with Crippen LogP contribution in [-0.4, -0.2) is 20.2 Å². The van der Waals surface area contributed by atoms with Gasteiger partial charge in [-0.25, -0.2) is 4.98 Å². The Balaban J connectivity index is 1.98. The molecule has 0 spiro atoms. The van der Waals surface area contributed by atoms with Gasteiger partial charge in [0.1, 0.15) is 17.3 Å². The highest BCUT2D eigenvalue weighted by Crippen LogP contribution is 2.22. The number of phenols is 2. The lowest BCUT2D eigenvalue weighted by atomic mass is 10.2. The average molecular weight is 233 g/mol. The lowest BCUT2D eigenvalue weighted by Crippen LogP contribution is -2.19. The molecule has 2 rings (SSSR count). The quantitative estimate of drug-likeness (QED) is 0.647. The molecule has 0 fully saturated rings. The van der Waals surface area contributed by atoms with Crippen molar-refractivity contribution in [3.8, 4) is 11.5 Å². The third kappa shape index (κ3) is 2.76. The largest absolute Gasteiger partial charge is 0.508 e. The maximum atomic E-state index is 9.61. The molecule has 1 heterocycles. The van der Waals surface area contributed by atoms with Crippen molar-refractivity contribution in [1.29, 1.82) is 0 Å². The first kappa shape index (κ1) is 11.5. The van der Waals surface area contributed by atoms with E-state index in [9.17, 15) is 5.11 Å². The number of aromatic amines is 1. The number of nitrogens with one attached hydrogen (secondary N) is 2. The molecule has 1 atom stereocenters. The number of imidazole rings is 1. The summed E-state index contributed by atoms with van der Waals surface area (Å²) in [5.41, 5.74) is 0.737. The summed E-state index contributed by atoms with van der Waals surface area (Å²) < 4.78 is 0. The summed E-state index contributed by atoms with van der Waals surface area (Å²) in [6, 6.07) is 4.63. The molecule has 0 bridgehead atoms. The zero-order valence-corrected chi connectivity index (χ0v) is 9.51. The van der Waals surface area contributed by atoms with Crippen molar-refractivity contribution in [2.45, 2.75) is 19.5 Å². The number of hydrogen-bond acceptors (Lipinski definition) is 4. The zero-order chi connectivity index (χ0) is 12.3. The van der Waals surface area contributed by atoms with E-state index in [1.807, 2.05) is 6.92 Å². The fourth-order valence-electron chi connectivity index (χ4n) is 1.58. The van der Waals surface area contributed by atoms with Crippen LogP contribution in [0.1, 0.15) is 24.4 Å². The van der Waals surface area contributed by atoms with Crippen molar-refractivity contribution in [1.82, 2.24) is 15.3 Å². The molecular formula is C12H15N3O2. The lowest BCUT2D eigenvalue weighted by Gasteiger charge is -2.12. The number of aromatic hydroxyl groups is 2. The van der Waals surface area contributed by atoms with E-state index in [0.29, 0.717) is 6.54 Å². The number of aromatic nitrogens is 2. The standard InChI is InChI=1S/C12H15N3O2/c1-8(12-13-4-5-14-12)15-7-9-2-3-10(16)6-11(9)17/h2-6,8,15-17H,7H2,1H3,(H,13,14). The fourth-order valence-corrected chi connectivity index (χ4v) is 1.58. The Morgan fingerprint density at radius 1 is 1.41 bits per heavy atom. The molecule has 0 saturated carbocycles. The topological polar surface area (TPSA) is 81.2 Å². The van der Waals surface area contributed by atoms with E-state index in [2.05, 4.69) is 15.3 Å². The number of rotatable bonds is 4. The zero-order valence-electron chi connectivity index (χ0n) is 9.51. The molecule has 0 aliphatic carbocycles. The van der Waals surface area contributed by atoms with Crippen LogP contribution >= 0.6 is 0 Å². The van der Waals surface area contributed by atoms with Crippen molar-refractivity contribution in [3.63, 3.8) is 0 Å². The van der Waals surface area contributed by atoms with Crippen LogP contribution in [0.3, 0.4) is 0 Å². The van der Waals surface area contributed by atoms with Crippen molar-refractivity contribution in [3.05, 3.63) is 42.0 Å². The van der Waals surface area contributed by atoms with E-state index in [1.54, 1.807) is 24.5 Å². The summed E-state index contributed by atoms with van der Waals surface area (Å²) in [7, 11) is 0. The Labute approximate surface area is 99.2 Å². The normalized spacial score (nSPS) is 12.5. The summed E-state index contributed by atoms with van der Waals surface area (Å²) in [6.45, 7) is 2.49. The van der Waals surface area contributed by atoms with Gasteiger partial charge in [-0.15, -0.1) is 0 Å². The molecule has 0 aliphatic rings. The van der Waals surface area contributed by atoms with Gasteiger partial charge in [0.05, 0.1) is 6.04 Å². The Hall–Kier alpha value is -2.01. The molecule has 4 N–H and O–H groups in total. The van der Waals surface area contributed by atoms with Gasteiger partial charge in [-0.2, -0.15) is 0 Å². The maximum absolute atomic E-state index is 9.61. The highest BCUT2D eigenvalue weighted by molar-refractivity contribution is 5.38. The summed E-state index contributed by atoms with van der Waals surface area (Å²) >= 11 is 0. The summed E-state index contributed by atoms with van der Waals surface area (Å²) in [6.07, 6.45) is 3.47. The SMILES string of the molecule is CC(NCc1ccc(O)cc1O)c1ncc[nH]1. The predicted molar refractivity (Wildman–Crippen MR) is 63.6 cm³/mol. The van der Waals surface area contributed by atoms with Crippen LogP contribution in [-0.2, 0) is 6.54 Å². The first-order valence-electron chi connectivity index (χ1n) is 5.40. The van der Waals surface area contributed by atoms with Crippen LogP contribution in [0.15, 0.2) is 30.6 Å². The molecule has 0 saturated heterocycles. The second-order valence-corrected chi connectivity index (χ2v) is 3.89. The number of nitrogens with zero attached hydrogens (tertiary/aromatic N) is 1. The summed E-state index contributed by atoms with van der Waals surface area (Å²) in [4.78, 5) is 7.17. The molecule has 0 aliphatic heterocycles. The van der Waals surface area contributed by atoms with E-state index in [0.717, 1.165) is 11.4 Å². The second-order valence-electron chi connectivity index (χ2n) is 3.89. The van der Waals surface area contributed by atoms with Gasteiger partial charge in [0, 0.05) is 30.6 Å². The third-order valence-corrected chi connectivity index (χ3v) is 2.60. The number of hydrogen-bond donors (Lipinski definition) is 4. The summed E-state index contributed by atoms with van der Waals surface area (Å²) in [5.74, 6) is 0.998. The van der Waals surface area contributed by atoms with Gasteiger partial charge in [-0.3, -0.25) is 0 Å². The van der Waals surface area contributed by atoms with Crippen LogP contribution in [0.5, 0.6) is 11.5 Å². The van der Waals surface area contributed by atoms with Gasteiger partial charge >= 0.3 is 0 Å². The first-order chi connectivity index (χ1) is 8.16. The first-order valence-corrected chi connectivity index (χ1v) is 5.40. The van der Waals surface area contributed by atoms with Crippen molar-refractivity contribution in [2.24, 2.45) is 0 Å². The molecular weight excluding hydrogens is 218 g/mol. The van der Waals surface area contributed by atoms with Gasteiger partial charge in [-0.05, 0) is 13.0 Å². The van der Waals surface area contributed by atoms with E-state index in [-0.39, 0.29) is 17.5 Å². The van der Waals surface area contributed by atoms with Crippen LogP contribution in [0.4, 0.5) is 0 Å². The Morgan fingerprint density at radius 3 is 2.88 bits per heavy atom. The maximum Gasteiger partial charge on any atom is 0.123 e. The van der Waals surface area contributed by atoms with Crippen molar-refractivity contribution in [2.75, 3.05) is 0 Å². The minimum Gasteiger partial charge on any atom is -0.508 e. The van der Waals surface area contributed by atoms with Crippen LogP contribution in [0.2, 0.25) is 0 Å². The molecule has 0 radical (unpaired) electrons. The molecule has 5 heteroatoms. The molecule has 0 amide bonds. The predicted octanol–water partition coefficient (Wildman–Crippen LogP) is 1.67. The minimum atomic E-state index is 0.0605. The van der Waals surface area contributed by atoms with Gasteiger partial charge in [-0.1, -0.05) is 6.07 Å². The Bertz CT molecular complexity index is 483. The third-order valence-electron chi connectivity index (χ3n) is 2.60. The van der Waals surface area contributed by atoms with Crippen LogP contribution < -0.4 is 5.32 Å². The lowest BCUT2D eigenvalue weighted by molar-refractivity contribution is 0.440. The smallest absolute Gasteiger partial charge is 0.123 e. The minimum absolute atomic E-state index is 0.0605. The van der Waals surface area contributed by atoms with Gasteiger partial charge in [0.25, 0.3) is 0 Å². The average Bonchev–Trinajstić information content (AvgIpc) is 2.81. The molecule has 90 valence electrons. The molecule has 5 nitrogen and oxygen atoms in total. The number of H-pyrrole nitrogens is 1. The monoisotopic (exact) mass is 233 g/mol. The van der Waals surface area contributed by atoms with Crippen LogP contribution in [0.25, 0.3) is 0 Å².